The Balaban J connectivity index is 2.29. The summed E-state index contributed by atoms with van der Waals surface area (Å²) in [4.78, 5) is 1.36. The van der Waals surface area contributed by atoms with Crippen molar-refractivity contribution in [2.24, 2.45) is 0 Å². The van der Waals surface area contributed by atoms with Crippen molar-refractivity contribution in [3.05, 3.63) is 11.5 Å². The van der Waals surface area contributed by atoms with Crippen LogP contribution in [0.1, 0.15) is 12.8 Å². The average molecular weight is 191 g/mol. The lowest BCUT2D eigenvalue weighted by Crippen LogP contribution is -3.09. The van der Waals surface area contributed by atoms with E-state index in [1.54, 1.807) is 0 Å². The van der Waals surface area contributed by atoms with E-state index in [9.17, 15) is 13.0 Å². The van der Waals surface area contributed by atoms with Crippen molar-refractivity contribution < 1.29 is 17.9 Å². The van der Waals surface area contributed by atoms with Gasteiger partial charge in [-0.1, -0.05) is 0 Å². The van der Waals surface area contributed by atoms with Crippen LogP contribution in [0.25, 0.3) is 0 Å². The van der Waals surface area contributed by atoms with Crippen LogP contribution in [-0.4, -0.2) is 32.6 Å². The smallest absolute Gasteiger partial charge is 0.117 e. The van der Waals surface area contributed by atoms with Gasteiger partial charge in [-0.15, -0.1) is 0 Å². The lowest BCUT2D eigenvalue weighted by Gasteiger charge is -2.08. The van der Waals surface area contributed by atoms with Crippen molar-refractivity contribution >= 4 is 10.1 Å². The summed E-state index contributed by atoms with van der Waals surface area (Å²) >= 11 is 0. The molecule has 1 saturated heterocycles. The van der Waals surface area contributed by atoms with Gasteiger partial charge >= 0.3 is 0 Å². The fraction of sp³-hybridized carbons (Fsp3) is 0.714. The predicted octanol–water partition coefficient (Wildman–Crippen LogP) is -1.28. The molecule has 0 aromatic heterocycles. The minimum atomic E-state index is -4.16. The molecule has 12 heavy (non-hydrogen) atoms. The van der Waals surface area contributed by atoms with Crippen molar-refractivity contribution in [1.82, 2.24) is 0 Å². The maximum Gasteiger partial charge on any atom is 0.117 e. The van der Waals surface area contributed by atoms with Gasteiger partial charge in [0.05, 0.1) is 19.6 Å². The van der Waals surface area contributed by atoms with E-state index < -0.39 is 10.1 Å². The van der Waals surface area contributed by atoms with Crippen LogP contribution < -0.4 is 4.90 Å². The SMILES string of the molecule is O=S(=O)([O-])/C=C\C[NH+]1CCCC1. The van der Waals surface area contributed by atoms with Crippen molar-refractivity contribution in [2.45, 2.75) is 12.8 Å². The highest BCUT2D eigenvalue weighted by Crippen LogP contribution is 1.88. The first-order valence-corrected chi connectivity index (χ1v) is 5.51. The zero-order valence-corrected chi connectivity index (χ0v) is 7.64. The molecule has 1 aliphatic heterocycles. The second-order valence-electron chi connectivity index (χ2n) is 3.03. The monoisotopic (exact) mass is 191 g/mol. The number of nitrogens with one attached hydrogen (secondary N) is 1. The molecule has 0 aliphatic carbocycles. The third kappa shape index (κ3) is 3.85. The zero-order valence-electron chi connectivity index (χ0n) is 6.82. The van der Waals surface area contributed by atoms with Gasteiger partial charge in [0, 0.05) is 18.2 Å². The van der Waals surface area contributed by atoms with Crippen molar-refractivity contribution in [3.8, 4) is 0 Å². The largest absolute Gasteiger partial charge is 0.744 e. The van der Waals surface area contributed by atoms with Gasteiger partial charge in [-0.05, 0) is 6.08 Å². The highest BCUT2D eigenvalue weighted by molar-refractivity contribution is 7.88. The summed E-state index contributed by atoms with van der Waals surface area (Å²) in [5, 5.41) is 0.748. The van der Waals surface area contributed by atoms with E-state index in [2.05, 4.69) is 0 Å². The van der Waals surface area contributed by atoms with Gasteiger partial charge in [0.2, 0.25) is 0 Å². The Morgan fingerprint density at radius 3 is 2.42 bits per heavy atom. The molecule has 0 unspecified atom stereocenters. The Labute approximate surface area is 72.6 Å². The molecule has 0 aromatic carbocycles. The summed E-state index contributed by atoms with van der Waals surface area (Å²) < 4.78 is 30.5. The first-order chi connectivity index (χ1) is 5.58. The van der Waals surface area contributed by atoms with Crippen LogP contribution in [0, 0.1) is 0 Å². The van der Waals surface area contributed by atoms with Crippen LogP contribution in [0.2, 0.25) is 0 Å². The number of hydrogen-bond acceptors (Lipinski definition) is 3. The number of likely N-dealkylation sites (tertiary alicyclic amines) is 1. The number of rotatable bonds is 3. The molecule has 1 rings (SSSR count). The third-order valence-corrected chi connectivity index (χ3v) is 2.51. The molecular formula is C7H13NO3S. The van der Waals surface area contributed by atoms with E-state index in [1.165, 1.54) is 23.8 Å². The Kier molecular flexibility index (Phi) is 3.25. The minimum Gasteiger partial charge on any atom is -0.744 e. The standard InChI is InChI=1S/C7H13NO3S/c9-12(10,11)7-3-6-8-4-1-2-5-8/h3,7H,1-2,4-6H2,(H,9,10,11)/b7-3-. The molecule has 0 amide bonds. The number of hydrogen-bond donors (Lipinski definition) is 1. The van der Waals surface area contributed by atoms with Crippen LogP contribution in [0.5, 0.6) is 0 Å². The summed E-state index contributed by atoms with van der Waals surface area (Å²) in [6.07, 6.45) is 3.85. The van der Waals surface area contributed by atoms with Crippen LogP contribution in [0.15, 0.2) is 11.5 Å². The van der Waals surface area contributed by atoms with E-state index in [1.807, 2.05) is 0 Å². The Hall–Kier alpha value is -0.390. The Bertz CT molecular complexity index is 252. The van der Waals surface area contributed by atoms with Gasteiger partial charge < -0.3 is 9.45 Å². The molecule has 1 fully saturated rings. The lowest BCUT2D eigenvalue weighted by molar-refractivity contribution is -0.881. The van der Waals surface area contributed by atoms with Gasteiger partial charge in [0.25, 0.3) is 0 Å². The van der Waals surface area contributed by atoms with Crippen LogP contribution in [0.3, 0.4) is 0 Å². The highest BCUT2D eigenvalue weighted by atomic mass is 32.2. The second-order valence-corrected chi connectivity index (χ2v) is 4.28. The fourth-order valence-corrected chi connectivity index (χ4v) is 1.74. The van der Waals surface area contributed by atoms with Gasteiger partial charge in [-0.25, -0.2) is 8.42 Å². The molecule has 0 spiro atoms. The second kappa shape index (κ2) is 4.02. The van der Waals surface area contributed by atoms with E-state index in [0.717, 1.165) is 18.5 Å². The van der Waals surface area contributed by atoms with Crippen molar-refractivity contribution in [1.29, 1.82) is 0 Å². The molecule has 0 aromatic rings. The maximum atomic E-state index is 10.2. The van der Waals surface area contributed by atoms with Crippen LogP contribution in [-0.2, 0) is 10.1 Å². The molecule has 0 bridgehead atoms. The van der Waals surface area contributed by atoms with Gasteiger partial charge in [-0.3, -0.25) is 0 Å². The first-order valence-electron chi connectivity index (χ1n) is 4.04. The molecule has 1 aliphatic rings. The minimum absolute atomic E-state index is 0.654. The molecule has 70 valence electrons. The topological polar surface area (TPSA) is 61.6 Å². The Morgan fingerprint density at radius 1 is 1.33 bits per heavy atom. The lowest BCUT2D eigenvalue weighted by atomic mass is 10.4. The molecule has 0 atom stereocenters. The van der Waals surface area contributed by atoms with Crippen LogP contribution >= 0.6 is 0 Å². The Morgan fingerprint density at radius 2 is 1.92 bits per heavy atom. The van der Waals surface area contributed by atoms with Crippen molar-refractivity contribution in [3.63, 3.8) is 0 Å². The number of quaternary nitrogens is 1. The van der Waals surface area contributed by atoms with E-state index in [-0.39, 0.29) is 0 Å². The first kappa shape index (κ1) is 9.70. The normalized spacial score (nSPS) is 20.8. The zero-order chi connectivity index (χ0) is 9.03. The van der Waals surface area contributed by atoms with Crippen molar-refractivity contribution in [2.75, 3.05) is 19.6 Å². The van der Waals surface area contributed by atoms with Gasteiger partial charge in [-0.2, -0.15) is 0 Å². The van der Waals surface area contributed by atoms with E-state index >= 15 is 0 Å². The summed E-state index contributed by atoms with van der Waals surface area (Å²) in [5.41, 5.74) is 0. The highest BCUT2D eigenvalue weighted by Gasteiger charge is 2.12. The third-order valence-electron chi connectivity index (χ3n) is 1.98. The fourth-order valence-electron chi connectivity index (χ4n) is 1.41. The van der Waals surface area contributed by atoms with E-state index in [0.29, 0.717) is 6.54 Å². The van der Waals surface area contributed by atoms with Gasteiger partial charge in [0.1, 0.15) is 10.1 Å². The van der Waals surface area contributed by atoms with Gasteiger partial charge in [0.15, 0.2) is 0 Å². The molecular weight excluding hydrogens is 178 g/mol. The molecule has 1 N–H and O–H groups in total. The summed E-state index contributed by atoms with van der Waals surface area (Å²) in [5.74, 6) is 0. The quantitative estimate of drug-likeness (QED) is 0.565. The molecule has 0 saturated carbocycles. The summed E-state index contributed by atoms with van der Waals surface area (Å²) in [7, 11) is -4.16. The molecule has 4 nitrogen and oxygen atoms in total. The predicted molar refractivity (Wildman–Crippen MR) is 43.6 cm³/mol. The summed E-state index contributed by atoms with van der Waals surface area (Å²) in [6, 6.07) is 0. The maximum absolute atomic E-state index is 10.2. The summed E-state index contributed by atoms with van der Waals surface area (Å²) in [6.45, 7) is 2.83. The van der Waals surface area contributed by atoms with E-state index in [4.69, 9.17) is 0 Å². The average Bonchev–Trinajstić information content (AvgIpc) is 2.36. The molecule has 5 heteroatoms. The van der Waals surface area contributed by atoms with Crippen LogP contribution in [0.4, 0.5) is 0 Å². The molecule has 0 radical (unpaired) electrons. The molecule has 1 heterocycles.